The number of amides is 1. The van der Waals surface area contributed by atoms with Crippen LogP contribution in [0.5, 0.6) is 0 Å². The standard InChI is InChI=1S/C21H30N6OS/c1-17-5-7-18(8-6-17)20-22-21(29)27(23-20)16-25-13-11-24(12-14-25)15-19(28)26-9-3-2-4-10-26/h5-8H,2-4,9-16H2,1H3,(H,22,23,29). The first-order valence-corrected chi connectivity index (χ1v) is 11.0. The summed E-state index contributed by atoms with van der Waals surface area (Å²) in [6, 6.07) is 8.28. The average molecular weight is 415 g/mol. The number of carbonyl (C=O) groups excluding carboxylic acids is 1. The largest absolute Gasteiger partial charge is 0.342 e. The van der Waals surface area contributed by atoms with E-state index in [9.17, 15) is 4.79 Å². The van der Waals surface area contributed by atoms with E-state index in [-0.39, 0.29) is 5.91 Å². The summed E-state index contributed by atoms with van der Waals surface area (Å²) in [5.74, 6) is 1.09. The van der Waals surface area contributed by atoms with Crippen molar-refractivity contribution in [3.8, 4) is 11.4 Å². The third-order valence-electron chi connectivity index (χ3n) is 5.88. The monoisotopic (exact) mass is 414 g/mol. The molecule has 0 bridgehead atoms. The first-order chi connectivity index (χ1) is 14.1. The summed E-state index contributed by atoms with van der Waals surface area (Å²) in [5, 5.41) is 3.34. The lowest BCUT2D eigenvalue weighted by atomic mass is 10.1. The van der Waals surface area contributed by atoms with Gasteiger partial charge < -0.3 is 4.90 Å². The van der Waals surface area contributed by atoms with E-state index in [4.69, 9.17) is 12.2 Å². The van der Waals surface area contributed by atoms with Gasteiger partial charge in [0.15, 0.2) is 5.82 Å². The molecule has 0 spiro atoms. The van der Waals surface area contributed by atoms with Gasteiger partial charge in [0.2, 0.25) is 10.7 Å². The van der Waals surface area contributed by atoms with Crippen LogP contribution < -0.4 is 0 Å². The predicted octanol–water partition coefficient (Wildman–Crippen LogP) is 2.50. The Morgan fingerprint density at radius 3 is 2.34 bits per heavy atom. The fraction of sp³-hybridized carbons (Fsp3) is 0.571. The Balaban J connectivity index is 1.29. The van der Waals surface area contributed by atoms with Gasteiger partial charge in [-0.1, -0.05) is 29.8 Å². The molecular weight excluding hydrogens is 384 g/mol. The summed E-state index contributed by atoms with van der Waals surface area (Å²) in [6.45, 7) is 8.85. The van der Waals surface area contributed by atoms with Crippen molar-refractivity contribution >= 4 is 18.1 Å². The molecule has 0 unspecified atom stereocenters. The van der Waals surface area contributed by atoms with Gasteiger partial charge >= 0.3 is 0 Å². The van der Waals surface area contributed by atoms with E-state index in [1.165, 1.54) is 12.0 Å². The van der Waals surface area contributed by atoms with Gasteiger partial charge in [-0.25, -0.2) is 4.68 Å². The van der Waals surface area contributed by atoms with Crippen LogP contribution in [0, 0.1) is 11.7 Å². The van der Waals surface area contributed by atoms with Crippen molar-refractivity contribution < 1.29 is 4.79 Å². The van der Waals surface area contributed by atoms with Crippen LogP contribution in [0.3, 0.4) is 0 Å². The highest BCUT2D eigenvalue weighted by atomic mass is 32.1. The number of aromatic nitrogens is 3. The molecule has 1 aromatic carbocycles. The Bertz CT molecular complexity index is 875. The van der Waals surface area contributed by atoms with Crippen LogP contribution in [0.15, 0.2) is 24.3 Å². The lowest BCUT2D eigenvalue weighted by Gasteiger charge is -2.35. The number of H-pyrrole nitrogens is 1. The van der Waals surface area contributed by atoms with Crippen molar-refractivity contribution in [3.63, 3.8) is 0 Å². The molecule has 3 heterocycles. The molecule has 0 atom stereocenters. The Hall–Kier alpha value is -2.03. The fourth-order valence-corrected chi connectivity index (χ4v) is 4.21. The molecule has 29 heavy (non-hydrogen) atoms. The Morgan fingerprint density at radius 2 is 1.66 bits per heavy atom. The second-order valence-corrected chi connectivity index (χ2v) is 8.49. The lowest BCUT2D eigenvalue weighted by molar-refractivity contribution is -0.133. The number of nitrogens with one attached hydrogen (secondary N) is 1. The van der Waals surface area contributed by atoms with Crippen LogP contribution in [0.2, 0.25) is 0 Å². The molecule has 1 aromatic heterocycles. The summed E-state index contributed by atoms with van der Waals surface area (Å²) in [5.41, 5.74) is 2.27. The van der Waals surface area contributed by atoms with E-state index in [1.54, 1.807) is 0 Å². The predicted molar refractivity (Wildman–Crippen MR) is 116 cm³/mol. The average Bonchev–Trinajstić information content (AvgIpc) is 3.11. The molecule has 8 heteroatoms. The number of carbonyl (C=O) groups is 1. The van der Waals surface area contributed by atoms with Crippen LogP contribution in [0.25, 0.3) is 11.4 Å². The molecule has 0 saturated carbocycles. The highest BCUT2D eigenvalue weighted by molar-refractivity contribution is 7.71. The molecule has 0 radical (unpaired) electrons. The van der Waals surface area contributed by atoms with Gasteiger partial charge in [-0.2, -0.15) is 4.98 Å². The van der Waals surface area contributed by atoms with Crippen molar-refractivity contribution in [1.29, 1.82) is 0 Å². The first kappa shape index (κ1) is 20.3. The maximum absolute atomic E-state index is 12.5. The SMILES string of the molecule is Cc1ccc(-c2nc(=S)n(CN3CCN(CC(=O)N4CCCCC4)CC3)[nH]2)cc1. The van der Waals surface area contributed by atoms with Gasteiger partial charge in [0.05, 0.1) is 13.2 Å². The molecule has 2 aliphatic rings. The number of rotatable bonds is 5. The van der Waals surface area contributed by atoms with Crippen molar-refractivity contribution in [1.82, 2.24) is 29.5 Å². The van der Waals surface area contributed by atoms with Crippen molar-refractivity contribution in [2.24, 2.45) is 0 Å². The van der Waals surface area contributed by atoms with E-state index < -0.39 is 0 Å². The molecule has 1 amide bonds. The van der Waals surface area contributed by atoms with Gasteiger partial charge in [-0.15, -0.1) is 0 Å². The van der Waals surface area contributed by atoms with Gasteiger partial charge in [0, 0.05) is 44.8 Å². The molecule has 4 rings (SSSR count). The van der Waals surface area contributed by atoms with Gasteiger partial charge in [-0.05, 0) is 38.4 Å². The molecule has 156 valence electrons. The second kappa shape index (κ2) is 9.19. The zero-order valence-corrected chi connectivity index (χ0v) is 18.0. The Morgan fingerprint density at radius 1 is 1.00 bits per heavy atom. The van der Waals surface area contributed by atoms with Crippen LogP contribution in [-0.2, 0) is 11.5 Å². The third kappa shape index (κ3) is 5.12. The summed E-state index contributed by atoms with van der Waals surface area (Å²) in [7, 11) is 0. The van der Waals surface area contributed by atoms with Crippen LogP contribution in [0.4, 0.5) is 0 Å². The summed E-state index contributed by atoms with van der Waals surface area (Å²) in [4.78, 5) is 23.7. The highest BCUT2D eigenvalue weighted by Crippen LogP contribution is 2.16. The number of hydrogen-bond donors (Lipinski definition) is 1. The minimum atomic E-state index is 0.289. The Kier molecular flexibility index (Phi) is 6.42. The van der Waals surface area contributed by atoms with E-state index in [1.807, 2.05) is 9.58 Å². The van der Waals surface area contributed by atoms with Gasteiger partial charge in [0.1, 0.15) is 0 Å². The number of piperidine rings is 1. The second-order valence-electron chi connectivity index (χ2n) is 8.13. The van der Waals surface area contributed by atoms with Crippen LogP contribution >= 0.6 is 12.2 Å². The smallest absolute Gasteiger partial charge is 0.236 e. The zero-order valence-electron chi connectivity index (χ0n) is 17.1. The van der Waals surface area contributed by atoms with Crippen molar-refractivity contribution in [3.05, 3.63) is 34.6 Å². The maximum atomic E-state index is 12.5. The van der Waals surface area contributed by atoms with E-state index in [2.05, 4.69) is 51.1 Å². The number of likely N-dealkylation sites (tertiary alicyclic amines) is 1. The molecule has 2 aromatic rings. The quantitative estimate of drug-likeness (QED) is 0.762. The molecule has 1 N–H and O–H groups in total. The van der Waals surface area contributed by atoms with E-state index >= 15 is 0 Å². The molecule has 0 aliphatic carbocycles. The highest BCUT2D eigenvalue weighted by Gasteiger charge is 2.23. The summed E-state index contributed by atoms with van der Waals surface area (Å²) in [6.07, 6.45) is 3.55. The van der Waals surface area contributed by atoms with Gasteiger partial charge in [0.25, 0.3) is 0 Å². The normalized spacial score (nSPS) is 18.9. The number of aromatic amines is 1. The van der Waals surface area contributed by atoms with Crippen LogP contribution in [-0.4, -0.2) is 81.2 Å². The van der Waals surface area contributed by atoms with Crippen molar-refractivity contribution in [2.75, 3.05) is 45.8 Å². The molecule has 2 saturated heterocycles. The van der Waals surface area contributed by atoms with E-state index in [0.29, 0.717) is 18.0 Å². The molecule has 2 aliphatic heterocycles. The molecule has 7 nitrogen and oxygen atoms in total. The van der Waals surface area contributed by atoms with Crippen LogP contribution in [0.1, 0.15) is 24.8 Å². The minimum Gasteiger partial charge on any atom is -0.342 e. The number of hydrogen-bond acceptors (Lipinski definition) is 5. The molecular formula is C21H30N6OS. The number of benzene rings is 1. The number of nitrogens with zero attached hydrogens (tertiary/aromatic N) is 5. The topological polar surface area (TPSA) is 60.4 Å². The van der Waals surface area contributed by atoms with Gasteiger partial charge in [-0.3, -0.25) is 19.7 Å². The summed E-state index contributed by atoms with van der Waals surface area (Å²) < 4.78 is 2.50. The summed E-state index contributed by atoms with van der Waals surface area (Å²) >= 11 is 5.45. The zero-order chi connectivity index (χ0) is 20.2. The van der Waals surface area contributed by atoms with Crippen molar-refractivity contribution in [2.45, 2.75) is 32.9 Å². The first-order valence-electron chi connectivity index (χ1n) is 10.5. The van der Waals surface area contributed by atoms with E-state index in [0.717, 1.165) is 63.5 Å². The third-order valence-corrected chi connectivity index (χ3v) is 6.19. The fourth-order valence-electron chi connectivity index (χ4n) is 4.02. The molecule has 2 fully saturated rings. The lowest BCUT2D eigenvalue weighted by Crippen LogP contribution is -2.50. The number of piperazine rings is 1. The minimum absolute atomic E-state index is 0.289. The number of aryl methyl sites for hydroxylation is 1. The maximum Gasteiger partial charge on any atom is 0.236 e. The Labute approximate surface area is 177 Å².